The van der Waals surface area contributed by atoms with Crippen LogP contribution >= 0.6 is 11.3 Å². The number of carbonyl (C=O) groups excluding carboxylic acids is 2. The van der Waals surface area contributed by atoms with E-state index < -0.39 is 12.1 Å². The van der Waals surface area contributed by atoms with Crippen LogP contribution < -0.4 is 10.2 Å². The fraction of sp³-hybridized carbons (Fsp3) is 0.700. The Balaban J connectivity index is 1.48. The average Bonchev–Trinajstić information content (AvgIpc) is 3.60. The molecule has 2 N–H and O–H groups in total. The molecule has 3 heterocycles. The van der Waals surface area contributed by atoms with Crippen LogP contribution in [-0.4, -0.2) is 61.3 Å². The van der Waals surface area contributed by atoms with Crippen molar-refractivity contribution < 1.29 is 33.7 Å². The molecule has 4 rings (SSSR count). The second-order valence-electron chi connectivity index (χ2n) is 12.3. The van der Waals surface area contributed by atoms with Gasteiger partial charge in [0.15, 0.2) is 6.29 Å². The molecule has 2 amide bonds. The molecule has 1 aromatic rings. The molecule has 0 bridgehead atoms. The first-order valence-electron chi connectivity index (χ1n) is 14.3. The molecule has 2 saturated heterocycles. The van der Waals surface area contributed by atoms with E-state index >= 15 is 0 Å². The van der Waals surface area contributed by atoms with E-state index in [1.807, 2.05) is 27.7 Å². The summed E-state index contributed by atoms with van der Waals surface area (Å²) in [5, 5.41) is 12.8. The molecule has 2 aliphatic heterocycles. The number of carboxylic acids is 1. The van der Waals surface area contributed by atoms with Gasteiger partial charge in [-0.2, -0.15) is 0 Å². The lowest BCUT2D eigenvalue weighted by Gasteiger charge is -2.35. The second kappa shape index (κ2) is 12.9. The summed E-state index contributed by atoms with van der Waals surface area (Å²) in [7, 11) is 0. The van der Waals surface area contributed by atoms with Gasteiger partial charge in [0.1, 0.15) is 11.0 Å². The van der Waals surface area contributed by atoms with Crippen LogP contribution in [0.5, 0.6) is 0 Å². The quantitative estimate of drug-likeness (QED) is 0.407. The molecule has 0 spiro atoms. The van der Waals surface area contributed by atoms with Crippen molar-refractivity contribution in [3.63, 3.8) is 0 Å². The molecule has 9 nitrogen and oxygen atoms in total. The van der Waals surface area contributed by atoms with Crippen molar-refractivity contribution in [1.29, 1.82) is 0 Å². The summed E-state index contributed by atoms with van der Waals surface area (Å²) in [5.41, 5.74) is 0.135. The SMILES string of the molecule is CC1CCC(C(=O)N(c2cc(C#CC(C)(C)C)sc2C(=O)O)[C@@H](C)CCNC(=O)O[C@H]2CO[C@H]3OCC[C@H]32)CC1. The first-order chi connectivity index (χ1) is 18.9. The van der Waals surface area contributed by atoms with Gasteiger partial charge in [0.25, 0.3) is 0 Å². The zero-order valence-electron chi connectivity index (χ0n) is 24.2. The van der Waals surface area contributed by atoms with E-state index in [0.717, 1.165) is 43.4 Å². The highest BCUT2D eigenvalue weighted by Gasteiger charge is 2.44. The van der Waals surface area contributed by atoms with Crippen LogP contribution in [-0.2, 0) is 19.0 Å². The first-order valence-corrected chi connectivity index (χ1v) is 15.2. The van der Waals surface area contributed by atoms with Crippen molar-refractivity contribution in [3.05, 3.63) is 15.8 Å². The number of amides is 2. The lowest BCUT2D eigenvalue weighted by Crippen LogP contribution is -2.45. The maximum atomic E-state index is 13.9. The highest BCUT2D eigenvalue weighted by molar-refractivity contribution is 7.15. The summed E-state index contributed by atoms with van der Waals surface area (Å²) < 4.78 is 16.6. The van der Waals surface area contributed by atoms with Crippen LogP contribution in [0.25, 0.3) is 0 Å². The normalized spacial score (nSPS) is 26.8. The topological polar surface area (TPSA) is 114 Å². The minimum atomic E-state index is -1.08. The molecule has 0 aromatic carbocycles. The Hall–Kier alpha value is -2.61. The Bertz CT molecular complexity index is 1140. The summed E-state index contributed by atoms with van der Waals surface area (Å²) >= 11 is 1.09. The average molecular weight is 575 g/mol. The third-order valence-electron chi connectivity index (χ3n) is 7.85. The third-order valence-corrected chi connectivity index (χ3v) is 8.87. The molecule has 1 saturated carbocycles. The Morgan fingerprint density at radius 3 is 2.60 bits per heavy atom. The minimum absolute atomic E-state index is 0.0552. The number of rotatable bonds is 8. The zero-order valence-corrected chi connectivity index (χ0v) is 25.0. The summed E-state index contributed by atoms with van der Waals surface area (Å²) in [6.07, 6.45) is 3.57. The number of nitrogens with zero attached hydrogens (tertiary/aromatic N) is 1. The van der Waals surface area contributed by atoms with E-state index in [-0.39, 0.29) is 53.0 Å². The molecule has 4 atom stereocenters. The number of alkyl carbamates (subject to hydrolysis) is 1. The van der Waals surface area contributed by atoms with E-state index in [2.05, 4.69) is 24.1 Å². The maximum absolute atomic E-state index is 13.9. The molecule has 40 heavy (non-hydrogen) atoms. The number of ether oxygens (including phenoxy) is 3. The largest absolute Gasteiger partial charge is 0.477 e. The zero-order chi connectivity index (χ0) is 29.0. The predicted octanol–water partition coefficient (Wildman–Crippen LogP) is 5.27. The van der Waals surface area contributed by atoms with Gasteiger partial charge in [-0.25, -0.2) is 9.59 Å². The van der Waals surface area contributed by atoms with E-state index in [1.54, 1.807) is 11.0 Å². The minimum Gasteiger partial charge on any atom is -0.477 e. The number of anilines is 1. The fourth-order valence-electron chi connectivity index (χ4n) is 5.54. The smallest absolute Gasteiger partial charge is 0.407 e. The molecule has 3 fully saturated rings. The van der Waals surface area contributed by atoms with Gasteiger partial charge in [-0.05, 0) is 78.2 Å². The fourth-order valence-corrected chi connectivity index (χ4v) is 6.38. The molecule has 1 aliphatic carbocycles. The number of carboxylic acid groups (broad SMARTS) is 1. The lowest BCUT2D eigenvalue weighted by molar-refractivity contribution is -0.124. The highest BCUT2D eigenvalue weighted by Crippen LogP contribution is 2.37. The van der Waals surface area contributed by atoms with Crippen molar-refractivity contribution in [2.45, 2.75) is 91.6 Å². The van der Waals surface area contributed by atoms with Gasteiger partial charge in [0.2, 0.25) is 5.91 Å². The Labute approximate surface area is 240 Å². The lowest BCUT2D eigenvalue weighted by atomic mass is 9.82. The van der Waals surface area contributed by atoms with Crippen LogP contribution in [0.2, 0.25) is 0 Å². The Morgan fingerprint density at radius 2 is 1.93 bits per heavy atom. The van der Waals surface area contributed by atoms with Gasteiger partial charge in [0, 0.05) is 23.9 Å². The van der Waals surface area contributed by atoms with Crippen LogP contribution in [0.4, 0.5) is 10.5 Å². The molecule has 3 aliphatic rings. The number of fused-ring (bicyclic) bond motifs is 1. The molecular formula is C30H42N2O7S. The Morgan fingerprint density at radius 1 is 1.20 bits per heavy atom. The van der Waals surface area contributed by atoms with E-state index in [4.69, 9.17) is 14.2 Å². The summed E-state index contributed by atoms with van der Waals surface area (Å²) in [4.78, 5) is 41.1. The second-order valence-corrected chi connectivity index (χ2v) is 13.4. The number of hydrogen-bond acceptors (Lipinski definition) is 7. The highest BCUT2D eigenvalue weighted by atomic mass is 32.1. The maximum Gasteiger partial charge on any atom is 0.407 e. The van der Waals surface area contributed by atoms with Gasteiger partial charge >= 0.3 is 12.1 Å². The number of thiophene rings is 1. The molecule has 0 radical (unpaired) electrons. The van der Waals surface area contributed by atoms with Crippen LogP contribution in [0.3, 0.4) is 0 Å². The van der Waals surface area contributed by atoms with Crippen molar-refractivity contribution in [2.75, 3.05) is 24.7 Å². The standard InChI is InChI=1S/C30H42N2O7S/c1-18-6-8-20(9-7-18)26(33)32(23-16-21(10-13-30(3,4)5)40-25(23)27(34)35)19(2)11-14-31-29(36)39-24-17-38-28-22(24)12-15-37-28/h16,18-20,22,24,28H,6-9,11-12,14-15,17H2,1-5H3,(H,31,36)(H,34,35)/t18?,19-,20?,22-,24-,28+/m0/s1. The summed E-state index contributed by atoms with van der Waals surface area (Å²) in [6, 6.07) is 1.37. The molecule has 220 valence electrons. The number of carbonyl (C=O) groups is 3. The molecule has 0 unspecified atom stereocenters. The van der Waals surface area contributed by atoms with Gasteiger partial charge < -0.3 is 29.5 Å². The van der Waals surface area contributed by atoms with Gasteiger partial charge in [-0.3, -0.25) is 4.79 Å². The molecule has 1 aromatic heterocycles. The Kier molecular flexibility index (Phi) is 9.80. The van der Waals surface area contributed by atoms with Crippen LogP contribution in [0.1, 0.15) is 87.7 Å². The van der Waals surface area contributed by atoms with Crippen LogP contribution in [0.15, 0.2) is 6.07 Å². The number of aromatic carboxylic acids is 1. The van der Waals surface area contributed by atoms with Crippen molar-refractivity contribution in [3.8, 4) is 11.8 Å². The summed E-state index contributed by atoms with van der Waals surface area (Å²) in [6.45, 7) is 11.3. The third kappa shape index (κ3) is 7.56. The van der Waals surface area contributed by atoms with Crippen molar-refractivity contribution in [1.82, 2.24) is 5.32 Å². The van der Waals surface area contributed by atoms with Crippen molar-refractivity contribution >= 4 is 35.0 Å². The molecule has 10 heteroatoms. The molecular weight excluding hydrogens is 532 g/mol. The number of hydrogen-bond donors (Lipinski definition) is 2. The van der Waals surface area contributed by atoms with Gasteiger partial charge in [0.05, 0.1) is 29.7 Å². The van der Waals surface area contributed by atoms with Gasteiger partial charge in [-0.1, -0.05) is 18.8 Å². The number of nitrogens with one attached hydrogen (secondary N) is 1. The monoisotopic (exact) mass is 574 g/mol. The predicted molar refractivity (Wildman–Crippen MR) is 152 cm³/mol. The van der Waals surface area contributed by atoms with Crippen molar-refractivity contribution in [2.24, 2.45) is 23.2 Å². The summed E-state index contributed by atoms with van der Waals surface area (Å²) in [5.74, 6) is 5.59. The van der Waals surface area contributed by atoms with E-state index in [9.17, 15) is 19.5 Å². The van der Waals surface area contributed by atoms with Crippen LogP contribution in [0, 0.1) is 35.0 Å². The first kappa shape index (κ1) is 30.4. The van der Waals surface area contributed by atoms with Gasteiger partial charge in [-0.15, -0.1) is 11.3 Å². The van der Waals surface area contributed by atoms with E-state index in [1.165, 1.54) is 0 Å². The van der Waals surface area contributed by atoms with E-state index in [0.29, 0.717) is 36.1 Å².